The molecule has 2 unspecified atom stereocenters. The number of amides is 1. The van der Waals surface area contributed by atoms with Gasteiger partial charge in [0.15, 0.2) is 5.82 Å². The van der Waals surface area contributed by atoms with Gasteiger partial charge in [0.05, 0.1) is 29.0 Å². The second-order valence-corrected chi connectivity index (χ2v) is 8.08. The molecular formula is C23H23N5O2. The number of nitrogens with one attached hydrogen (secondary N) is 1. The Labute approximate surface area is 175 Å². The SMILES string of the molecule is CCC1(C)CC1NC(=O)c1ccc(-n2ncc(-c3ccc(C#N)cc3C)c2O)nc1. The van der Waals surface area contributed by atoms with Crippen molar-refractivity contribution in [3.63, 3.8) is 0 Å². The number of carbonyl (C=O) groups excluding carboxylic acids is 1. The van der Waals surface area contributed by atoms with Gasteiger partial charge in [-0.15, -0.1) is 0 Å². The van der Waals surface area contributed by atoms with Gasteiger partial charge in [0, 0.05) is 12.2 Å². The molecule has 0 saturated heterocycles. The molecule has 3 aromatic rings. The maximum atomic E-state index is 12.4. The van der Waals surface area contributed by atoms with Gasteiger partial charge >= 0.3 is 0 Å². The van der Waals surface area contributed by atoms with Crippen LogP contribution in [0.5, 0.6) is 5.88 Å². The van der Waals surface area contributed by atoms with Gasteiger partial charge in [-0.1, -0.05) is 19.9 Å². The maximum Gasteiger partial charge on any atom is 0.253 e. The van der Waals surface area contributed by atoms with Gasteiger partial charge in [0.2, 0.25) is 5.88 Å². The Hall–Kier alpha value is -3.66. The largest absolute Gasteiger partial charge is 0.493 e. The number of carbonyl (C=O) groups is 1. The molecule has 0 bridgehead atoms. The van der Waals surface area contributed by atoms with Crippen LogP contribution in [0.4, 0.5) is 0 Å². The average Bonchev–Trinajstić information content (AvgIpc) is 3.24. The minimum Gasteiger partial charge on any atom is -0.493 e. The summed E-state index contributed by atoms with van der Waals surface area (Å²) in [4.78, 5) is 16.8. The molecule has 2 N–H and O–H groups in total. The lowest BCUT2D eigenvalue weighted by atomic mass is 10.0. The monoisotopic (exact) mass is 401 g/mol. The number of rotatable bonds is 5. The zero-order valence-electron chi connectivity index (χ0n) is 17.2. The summed E-state index contributed by atoms with van der Waals surface area (Å²) in [7, 11) is 0. The van der Waals surface area contributed by atoms with Crippen LogP contribution in [0, 0.1) is 23.7 Å². The molecule has 2 atom stereocenters. The van der Waals surface area contributed by atoms with E-state index in [1.54, 1.807) is 36.5 Å². The number of aromatic hydroxyl groups is 1. The van der Waals surface area contributed by atoms with Crippen molar-refractivity contribution in [1.29, 1.82) is 5.26 Å². The molecule has 2 heterocycles. The second-order valence-electron chi connectivity index (χ2n) is 8.08. The van der Waals surface area contributed by atoms with E-state index in [2.05, 4.69) is 35.3 Å². The fraction of sp³-hybridized carbons (Fsp3) is 0.304. The van der Waals surface area contributed by atoms with Crippen LogP contribution in [0.25, 0.3) is 16.9 Å². The minimum absolute atomic E-state index is 0.0517. The van der Waals surface area contributed by atoms with Crippen LogP contribution in [0.3, 0.4) is 0 Å². The van der Waals surface area contributed by atoms with E-state index in [-0.39, 0.29) is 23.2 Å². The highest BCUT2D eigenvalue weighted by atomic mass is 16.3. The van der Waals surface area contributed by atoms with E-state index >= 15 is 0 Å². The van der Waals surface area contributed by atoms with Gasteiger partial charge in [-0.2, -0.15) is 15.0 Å². The zero-order chi connectivity index (χ0) is 21.5. The van der Waals surface area contributed by atoms with Gasteiger partial charge in [-0.05, 0) is 60.6 Å². The van der Waals surface area contributed by atoms with Gasteiger partial charge in [-0.25, -0.2) is 4.98 Å². The number of benzene rings is 1. The smallest absolute Gasteiger partial charge is 0.253 e. The van der Waals surface area contributed by atoms with Gasteiger partial charge in [-0.3, -0.25) is 4.79 Å². The van der Waals surface area contributed by atoms with Crippen molar-refractivity contribution in [2.24, 2.45) is 5.41 Å². The molecule has 0 spiro atoms. The molecule has 1 saturated carbocycles. The summed E-state index contributed by atoms with van der Waals surface area (Å²) in [5.41, 5.74) is 3.43. The lowest BCUT2D eigenvalue weighted by Gasteiger charge is -2.10. The quantitative estimate of drug-likeness (QED) is 0.678. The Kier molecular flexibility index (Phi) is 4.78. The summed E-state index contributed by atoms with van der Waals surface area (Å²) in [5.74, 6) is 0.213. The highest BCUT2D eigenvalue weighted by Crippen LogP contribution is 2.48. The third-order valence-corrected chi connectivity index (χ3v) is 6.08. The summed E-state index contributed by atoms with van der Waals surface area (Å²) in [5, 5.41) is 27.0. The number of hydrogen-bond acceptors (Lipinski definition) is 5. The molecule has 152 valence electrons. The summed E-state index contributed by atoms with van der Waals surface area (Å²) >= 11 is 0. The molecule has 7 heteroatoms. The fourth-order valence-corrected chi connectivity index (χ4v) is 3.65. The van der Waals surface area contributed by atoms with E-state index in [0.717, 1.165) is 24.0 Å². The first-order chi connectivity index (χ1) is 14.4. The van der Waals surface area contributed by atoms with Crippen molar-refractivity contribution >= 4 is 5.91 Å². The number of nitriles is 1. The van der Waals surface area contributed by atoms with Crippen LogP contribution in [-0.2, 0) is 0 Å². The summed E-state index contributed by atoms with van der Waals surface area (Å²) < 4.78 is 1.32. The Bertz CT molecular complexity index is 1160. The molecule has 4 rings (SSSR count). The molecule has 1 aromatic carbocycles. The maximum absolute atomic E-state index is 12.4. The fourth-order valence-electron chi connectivity index (χ4n) is 3.65. The van der Waals surface area contributed by atoms with Crippen LogP contribution in [0.2, 0.25) is 0 Å². The highest BCUT2D eigenvalue weighted by Gasteiger charge is 2.49. The first-order valence-corrected chi connectivity index (χ1v) is 9.91. The lowest BCUT2D eigenvalue weighted by Crippen LogP contribution is -2.29. The first-order valence-electron chi connectivity index (χ1n) is 9.91. The van der Waals surface area contributed by atoms with Crippen molar-refractivity contribution < 1.29 is 9.90 Å². The third-order valence-electron chi connectivity index (χ3n) is 6.08. The van der Waals surface area contributed by atoms with E-state index in [9.17, 15) is 9.90 Å². The van der Waals surface area contributed by atoms with E-state index in [0.29, 0.717) is 22.5 Å². The Balaban J connectivity index is 1.54. The molecule has 1 aliphatic carbocycles. The van der Waals surface area contributed by atoms with Crippen molar-refractivity contribution in [1.82, 2.24) is 20.1 Å². The molecular weight excluding hydrogens is 378 g/mol. The van der Waals surface area contributed by atoms with Crippen molar-refractivity contribution in [2.45, 2.75) is 39.7 Å². The number of nitrogens with zero attached hydrogens (tertiary/aromatic N) is 4. The molecule has 7 nitrogen and oxygen atoms in total. The minimum atomic E-state index is -0.144. The summed E-state index contributed by atoms with van der Waals surface area (Å²) in [6.07, 6.45) is 5.09. The predicted octanol–water partition coefficient (Wildman–Crippen LogP) is 3.74. The van der Waals surface area contributed by atoms with Gasteiger partial charge in [0.25, 0.3) is 5.91 Å². The van der Waals surface area contributed by atoms with Crippen molar-refractivity contribution in [3.8, 4) is 28.9 Å². The zero-order valence-corrected chi connectivity index (χ0v) is 17.2. The Morgan fingerprint density at radius 1 is 1.33 bits per heavy atom. The molecule has 1 fully saturated rings. The van der Waals surface area contributed by atoms with E-state index in [1.807, 2.05) is 6.92 Å². The van der Waals surface area contributed by atoms with E-state index in [1.165, 1.54) is 10.9 Å². The van der Waals surface area contributed by atoms with Crippen LogP contribution < -0.4 is 5.32 Å². The van der Waals surface area contributed by atoms with Crippen molar-refractivity contribution in [3.05, 3.63) is 59.4 Å². The summed E-state index contributed by atoms with van der Waals surface area (Å²) in [6.45, 7) is 6.18. The molecule has 1 aliphatic rings. The van der Waals surface area contributed by atoms with Crippen LogP contribution in [0.15, 0.2) is 42.7 Å². The van der Waals surface area contributed by atoms with E-state index < -0.39 is 0 Å². The normalized spacial score (nSPS) is 19.9. The standard InChI is InChI=1S/C23H23N5O2/c1-4-23(3)10-19(23)27-21(29)16-6-8-20(25-12-16)28-22(30)18(13-26-28)17-7-5-15(11-24)9-14(17)2/h5-9,12-13,19,30H,4,10H2,1-3H3,(H,27,29). The molecule has 0 radical (unpaired) electrons. The first kappa shape index (κ1) is 19.6. The van der Waals surface area contributed by atoms with Gasteiger partial charge < -0.3 is 10.4 Å². The second kappa shape index (κ2) is 7.30. The Morgan fingerprint density at radius 3 is 2.73 bits per heavy atom. The van der Waals surface area contributed by atoms with E-state index in [4.69, 9.17) is 5.26 Å². The molecule has 2 aromatic heterocycles. The van der Waals surface area contributed by atoms with Gasteiger partial charge in [0.1, 0.15) is 0 Å². The predicted molar refractivity (Wildman–Crippen MR) is 112 cm³/mol. The average molecular weight is 401 g/mol. The highest BCUT2D eigenvalue weighted by molar-refractivity contribution is 5.94. The molecule has 30 heavy (non-hydrogen) atoms. The van der Waals surface area contributed by atoms with Crippen LogP contribution in [0.1, 0.15) is 48.2 Å². The summed E-state index contributed by atoms with van der Waals surface area (Å²) in [6, 6.07) is 10.9. The third kappa shape index (κ3) is 3.41. The van der Waals surface area contributed by atoms with Crippen LogP contribution >= 0.6 is 0 Å². The van der Waals surface area contributed by atoms with Crippen molar-refractivity contribution in [2.75, 3.05) is 0 Å². The molecule has 0 aliphatic heterocycles. The van der Waals surface area contributed by atoms with Crippen LogP contribution in [-0.4, -0.2) is 31.8 Å². The Morgan fingerprint density at radius 2 is 2.13 bits per heavy atom. The number of hydrogen-bond donors (Lipinski definition) is 2. The molecule has 1 amide bonds. The topological polar surface area (TPSA) is 104 Å². The number of aromatic nitrogens is 3. The number of pyridine rings is 1. The lowest BCUT2D eigenvalue weighted by molar-refractivity contribution is 0.0945. The number of aryl methyl sites for hydroxylation is 1.